The topological polar surface area (TPSA) is 83.7 Å². The van der Waals surface area contributed by atoms with Gasteiger partial charge in [0.25, 0.3) is 5.89 Å². The molecule has 0 radical (unpaired) electrons. The molecule has 3 rings (SSSR count). The minimum absolute atomic E-state index is 0.125. The van der Waals surface area contributed by atoms with E-state index in [1.807, 2.05) is 38.1 Å². The van der Waals surface area contributed by atoms with E-state index in [4.69, 9.17) is 18.6 Å². The van der Waals surface area contributed by atoms with Crippen molar-refractivity contribution in [1.82, 2.24) is 10.2 Å². The van der Waals surface area contributed by atoms with Gasteiger partial charge in [-0.1, -0.05) is 15.9 Å². The van der Waals surface area contributed by atoms with Crippen LogP contribution in [0, 0.1) is 0 Å². The Labute approximate surface area is 170 Å². The number of carbonyl (C=O) groups excluding carboxylic acids is 1. The number of ether oxygens (including phenoxy) is 3. The third-order valence-electron chi connectivity index (χ3n) is 3.66. The Morgan fingerprint density at radius 2 is 1.71 bits per heavy atom. The summed E-state index contributed by atoms with van der Waals surface area (Å²) < 4.78 is 22.8. The van der Waals surface area contributed by atoms with E-state index in [1.165, 1.54) is 0 Å². The van der Waals surface area contributed by atoms with Crippen LogP contribution in [0.4, 0.5) is 0 Å². The summed E-state index contributed by atoms with van der Waals surface area (Å²) in [7, 11) is 0. The van der Waals surface area contributed by atoms with Crippen LogP contribution in [0.1, 0.15) is 30.1 Å². The Kier molecular flexibility index (Phi) is 6.65. The number of benzene rings is 2. The van der Waals surface area contributed by atoms with E-state index in [-0.39, 0.29) is 12.5 Å². The van der Waals surface area contributed by atoms with Crippen molar-refractivity contribution in [3.8, 4) is 23.0 Å². The van der Waals surface area contributed by atoms with Gasteiger partial charge in [0.15, 0.2) is 18.1 Å². The fourth-order valence-corrected chi connectivity index (χ4v) is 2.67. The van der Waals surface area contributed by atoms with Gasteiger partial charge in [-0.3, -0.25) is 0 Å². The number of carbonyl (C=O) groups is 1. The predicted octanol–water partition coefficient (Wildman–Crippen LogP) is 4.65. The van der Waals surface area contributed by atoms with Gasteiger partial charge in [-0.15, -0.1) is 10.2 Å². The summed E-state index contributed by atoms with van der Waals surface area (Å²) in [5.41, 5.74) is 1.13. The van der Waals surface area contributed by atoms with Gasteiger partial charge in [-0.05, 0) is 56.3 Å². The van der Waals surface area contributed by atoms with Crippen LogP contribution in [-0.4, -0.2) is 29.4 Å². The zero-order valence-corrected chi connectivity index (χ0v) is 17.1. The Balaban J connectivity index is 1.65. The molecule has 1 heterocycles. The average molecular weight is 447 g/mol. The fraction of sp³-hybridized carbons (Fsp3) is 0.250. The number of aromatic nitrogens is 2. The maximum absolute atomic E-state index is 12.3. The lowest BCUT2D eigenvalue weighted by Crippen LogP contribution is -2.07. The minimum Gasteiger partial charge on any atom is -0.490 e. The van der Waals surface area contributed by atoms with Crippen molar-refractivity contribution in [3.05, 3.63) is 58.4 Å². The van der Waals surface area contributed by atoms with Crippen LogP contribution in [0.15, 0.2) is 51.4 Å². The van der Waals surface area contributed by atoms with Gasteiger partial charge >= 0.3 is 5.97 Å². The van der Waals surface area contributed by atoms with Crippen molar-refractivity contribution in [2.45, 2.75) is 20.5 Å². The fourth-order valence-electron chi connectivity index (χ4n) is 2.41. The zero-order chi connectivity index (χ0) is 19.9. The first kappa shape index (κ1) is 19.9. The molecule has 0 aliphatic carbocycles. The van der Waals surface area contributed by atoms with E-state index in [0.29, 0.717) is 36.2 Å². The molecule has 0 fully saturated rings. The number of halogens is 1. The van der Waals surface area contributed by atoms with Crippen molar-refractivity contribution in [1.29, 1.82) is 0 Å². The molecule has 2 aromatic carbocycles. The highest BCUT2D eigenvalue weighted by Gasteiger charge is 2.15. The highest BCUT2D eigenvalue weighted by atomic mass is 79.9. The molecule has 0 aliphatic heterocycles. The first-order chi connectivity index (χ1) is 13.6. The quantitative estimate of drug-likeness (QED) is 0.465. The van der Waals surface area contributed by atoms with Crippen molar-refractivity contribution in [2.75, 3.05) is 13.2 Å². The second kappa shape index (κ2) is 9.36. The first-order valence-electron chi connectivity index (χ1n) is 8.75. The van der Waals surface area contributed by atoms with Crippen molar-refractivity contribution in [2.24, 2.45) is 0 Å². The van der Waals surface area contributed by atoms with Crippen LogP contribution >= 0.6 is 15.9 Å². The Hall–Kier alpha value is -2.87. The lowest BCUT2D eigenvalue weighted by Gasteiger charge is -2.11. The summed E-state index contributed by atoms with van der Waals surface area (Å²) in [6, 6.07) is 12.4. The number of nitrogens with zero attached hydrogens (tertiary/aromatic N) is 2. The summed E-state index contributed by atoms with van der Waals surface area (Å²) in [6.45, 7) is 4.57. The van der Waals surface area contributed by atoms with Crippen molar-refractivity contribution in [3.63, 3.8) is 0 Å². The van der Waals surface area contributed by atoms with Gasteiger partial charge in [-0.2, -0.15) is 0 Å². The highest BCUT2D eigenvalue weighted by Crippen LogP contribution is 2.29. The third-order valence-corrected chi connectivity index (χ3v) is 4.19. The Morgan fingerprint density at radius 1 is 1.00 bits per heavy atom. The highest BCUT2D eigenvalue weighted by molar-refractivity contribution is 9.10. The number of hydrogen-bond acceptors (Lipinski definition) is 7. The van der Waals surface area contributed by atoms with E-state index >= 15 is 0 Å². The van der Waals surface area contributed by atoms with Crippen LogP contribution in [-0.2, 0) is 11.3 Å². The zero-order valence-electron chi connectivity index (χ0n) is 15.5. The molecule has 146 valence electrons. The Morgan fingerprint density at radius 3 is 2.43 bits per heavy atom. The molecule has 8 heteroatoms. The molecule has 0 bridgehead atoms. The first-order valence-corrected chi connectivity index (χ1v) is 9.55. The second-order valence-electron chi connectivity index (χ2n) is 5.61. The molecule has 0 atom stereocenters. The number of hydrogen-bond donors (Lipinski definition) is 0. The van der Waals surface area contributed by atoms with Gasteiger partial charge in [0, 0.05) is 10.0 Å². The molecule has 0 saturated carbocycles. The summed E-state index contributed by atoms with van der Waals surface area (Å²) in [5, 5.41) is 7.89. The van der Waals surface area contributed by atoms with Crippen molar-refractivity contribution < 1.29 is 23.4 Å². The predicted molar refractivity (Wildman–Crippen MR) is 105 cm³/mol. The van der Waals surface area contributed by atoms with Gasteiger partial charge in [0.1, 0.15) is 0 Å². The minimum atomic E-state index is -0.521. The van der Waals surface area contributed by atoms with Crippen LogP contribution in [0.5, 0.6) is 11.5 Å². The molecule has 0 N–H and O–H groups in total. The molecular weight excluding hydrogens is 428 g/mol. The molecule has 0 spiro atoms. The molecule has 0 amide bonds. The van der Waals surface area contributed by atoms with E-state index in [2.05, 4.69) is 26.1 Å². The molecule has 0 saturated heterocycles. The normalized spacial score (nSPS) is 10.5. The molecule has 3 aromatic rings. The summed E-state index contributed by atoms with van der Waals surface area (Å²) in [5.74, 6) is 1.12. The number of rotatable bonds is 8. The van der Waals surface area contributed by atoms with Crippen LogP contribution in [0.25, 0.3) is 11.5 Å². The molecule has 1 aromatic heterocycles. The molecule has 0 aliphatic rings. The molecular formula is C20H19BrN2O5. The lowest BCUT2D eigenvalue weighted by molar-refractivity contribution is 0.0438. The second-order valence-corrected chi connectivity index (χ2v) is 6.53. The summed E-state index contributed by atoms with van der Waals surface area (Å²) >= 11 is 3.37. The summed E-state index contributed by atoms with van der Waals surface area (Å²) in [4.78, 5) is 12.3. The number of esters is 1. The van der Waals surface area contributed by atoms with Crippen LogP contribution in [0.2, 0.25) is 0 Å². The SMILES string of the molecule is CCOc1ccc(C(=O)OCc2nnc(-c3ccc(Br)cc3)o2)cc1OCC. The van der Waals surface area contributed by atoms with Gasteiger partial charge < -0.3 is 18.6 Å². The average Bonchev–Trinajstić information content (AvgIpc) is 3.17. The largest absolute Gasteiger partial charge is 0.490 e. The molecule has 0 unspecified atom stereocenters. The molecule has 7 nitrogen and oxygen atoms in total. The lowest BCUT2D eigenvalue weighted by atomic mass is 10.2. The van der Waals surface area contributed by atoms with Gasteiger partial charge in [0.2, 0.25) is 5.89 Å². The Bertz CT molecular complexity index is 940. The van der Waals surface area contributed by atoms with Crippen LogP contribution < -0.4 is 9.47 Å². The van der Waals surface area contributed by atoms with Crippen molar-refractivity contribution >= 4 is 21.9 Å². The monoisotopic (exact) mass is 446 g/mol. The van der Waals surface area contributed by atoms with Crippen LogP contribution in [0.3, 0.4) is 0 Å². The van der Waals surface area contributed by atoms with E-state index < -0.39 is 5.97 Å². The third kappa shape index (κ3) is 4.89. The molecule has 28 heavy (non-hydrogen) atoms. The van der Waals surface area contributed by atoms with Gasteiger partial charge in [0.05, 0.1) is 18.8 Å². The summed E-state index contributed by atoms with van der Waals surface area (Å²) in [6.07, 6.45) is 0. The van der Waals surface area contributed by atoms with E-state index in [0.717, 1.165) is 10.0 Å². The maximum atomic E-state index is 12.3. The maximum Gasteiger partial charge on any atom is 0.338 e. The van der Waals surface area contributed by atoms with Gasteiger partial charge in [-0.25, -0.2) is 4.79 Å². The smallest absolute Gasteiger partial charge is 0.338 e. The van der Waals surface area contributed by atoms with E-state index in [9.17, 15) is 4.79 Å². The van der Waals surface area contributed by atoms with E-state index in [1.54, 1.807) is 18.2 Å². The standard InChI is InChI=1S/C20H19BrN2O5/c1-3-25-16-10-7-14(11-17(16)26-4-2)20(24)27-12-18-22-23-19(28-18)13-5-8-15(21)9-6-13/h5-11H,3-4,12H2,1-2H3.